The second-order valence-corrected chi connectivity index (χ2v) is 8.60. The summed E-state index contributed by atoms with van der Waals surface area (Å²) in [5.74, 6) is -0.654. The lowest BCUT2D eigenvalue weighted by Gasteiger charge is -2.17. The molecule has 1 aliphatic heterocycles. The van der Waals surface area contributed by atoms with Crippen LogP contribution in [-0.2, 0) is 0 Å². The number of fused-ring (bicyclic) bond motifs is 1. The molecule has 4 N–H and O–H groups in total. The molecule has 0 radical (unpaired) electrons. The van der Waals surface area contributed by atoms with Gasteiger partial charge in [-0.1, -0.05) is 11.3 Å². The van der Waals surface area contributed by atoms with Crippen LogP contribution < -0.4 is 11.1 Å². The number of likely N-dealkylation sites (tertiary alicyclic amines) is 1. The number of pyridine rings is 1. The third-order valence-electron chi connectivity index (χ3n) is 4.48. The molecule has 1 aliphatic rings. The van der Waals surface area contributed by atoms with E-state index in [0.29, 0.717) is 20.8 Å². The maximum Gasteiger partial charge on any atom is 0.257 e. The highest BCUT2D eigenvalue weighted by molar-refractivity contribution is 14.1. The van der Waals surface area contributed by atoms with Gasteiger partial charge in [-0.3, -0.25) is 4.79 Å². The number of anilines is 2. The first-order chi connectivity index (χ1) is 12.9. The Morgan fingerprint density at radius 2 is 2.22 bits per heavy atom. The Bertz CT molecular complexity index is 1020. The third kappa shape index (κ3) is 3.51. The number of nitrogens with two attached hydrogens (primary N) is 1. The van der Waals surface area contributed by atoms with Gasteiger partial charge in [0.25, 0.3) is 5.91 Å². The van der Waals surface area contributed by atoms with Gasteiger partial charge in [0.1, 0.15) is 15.6 Å². The number of carbonyl (C=O) groups is 1. The second-order valence-electron chi connectivity index (χ2n) is 6.35. The van der Waals surface area contributed by atoms with E-state index in [-0.39, 0.29) is 24.7 Å². The van der Waals surface area contributed by atoms with E-state index < -0.39 is 18.0 Å². The van der Waals surface area contributed by atoms with Crippen LogP contribution in [0.1, 0.15) is 10.4 Å². The minimum atomic E-state index is -0.748. The Labute approximate surface area is 172 Å². The van der Waals surface area contributed by atoms with Crippen LogP contribution in [0.3, 0.4) is 0 Å². The summed E-state index contributed by atoms with van der Waals surface area (Å²) in [5, 5.41) is 14.2. The van der Waals surface area contributed by atoms with Crippen molar-refractivity contribution in [2.24, 2.45) is 5.73 Å². The molecule has 0 saturated carbocycles. The number of nitrogens with zero attached hydrogens (tertiary/aromatic N) is 2. The smallest absolute Gasteiger partial charge is 0.257 e. The van der Waals surface area contributed by atoms with Crippen molar-refractivity contribution in [3.8, 4) is 0 Å². The number of thiophene rings is 1. The molecule has 4 rings (SSSR count). The van der Waals surface area contributed by atoms with Gasteiger partial charge in [0, 0.05) is 34.3 Å². The number of halogens is 2. The number of rotatable bonds is 3. The predicted molar refractivity (Wildman–Crippen MR) is 112 cm³/mol. The molecule has 0 bridgehead atoms. The summed E-state index contributed by atoms with van der Waals surface area (Å²) in [7, 11) is 0. The van der Waals surface area contributed by atoms with Gasteiger partial charge in [0.05, 0.1) is 17.4 Å². The molecule has 1 aromatic carbocycles. The van der Waals surface area contributed by atoms with Crippen LogP contribution in [0.4, 0.5) is 15.1 Å². The molecule has 0 spiro atoms. The van der Waals surface area contributed by atoms with Crippen LogP contribution in [0.2, 0.25) is 0 Å². The average Bonchev–Trinajstić information content (AvgIpc) is 3.17. The van der Waals surface area contributed by atoms with Gasteiger partial charge in [-0.05, 0) is 52.9 Å². The Hall–Kier alpha value is -1.82. The fourth-order valence-corrected chi connectivity index (χ4v) is 4.58. The first kappa shape index (κ1) is 18.5. The standard InChI is InChI=1S/C18H16FIN4O2S/c19-11-6-9(20)3-4-13(11)23-17-15(10-2-1-5-22-16(10)27-17)18(26)24-7-12(21)14(25)8-24/h1-6,12,14,23,25H,7-8,21H2/t12-,14+/m1/s1. The van der Waals surface area contributed by atoms with Gasteiger partial charge in [0.2, 0.25) is 0 Å². The highest BCUT2D eigenvalue weighted by Gasteiger charge is 2.34. The number of aliphatic hydroxyl groups excluding tert-OH is 1. The summed E-state index contributed by atoms with van der Waals surface area (Å²) in [6.45, 7) is 0.448. The highest BCUT2D eigenvalue weighted by Crippen LogP contribution is 2.38. The second kappa shape index (κ2) is 7.30. The van der Waals surface area contributed by atoms with Gasteiger partial charge in [0.15, 0.2) is 0 Å². The maximum atomic E-state index is 14.3. The van der Waals surface area contributed by atoms with E-state index in [1.807, 2.05) is 28.7 Å². The van der Waals surface area contributed by atoms with Gasteiger partial charge in [-0.25, -0.2) is 9.37 Å². The summed E-state index contributed by atoms with van der Waals surface area (Å²) >= 11 is 3.33. The number of β-amino-alcohol motifs (C(OH)–C–C–N with tert-alkyl or cyclic N) is 1. The van der Waals surface area contributed by atoms with Crippen LogP contribution in [-0.4, -0.2) is 46.1 Å². The molecule has 1 saturated heterocycles. The third-order valence-corrected chi connectivity index (χ3v) is 6.18. The number of nitrogens with one attached hydrogen (secondary N) is 1. The molecule has 3 heterocycles. The average molecular weight is 498 g/mol. The van der Waals surface area contributed by atoms with E-state index in [9.17, 15) is 14.3 Å². The molecular weight excluding hydrogens is 482 g/mol. The topological polar surface area (TPSA) is 91.5 Å². The quantitative estimate of drug-likeness (QED) is 0.484. The number of aliphatic hydroxyl groups is 1. The van der Waals surface area contributed by atoms with Crippen molar-refractivity contribution in [3.05, 3.63) is 51.5 Å². The van der Waals surface area contributed by atoms with E-state index >= 15 is 0 Å². The Kier molecular flexibility index (Phi) is 5.01. The molecule has 27 heavy (non-hydrogen) atoms. The summed E-state index contributed by atoms with van der Waals surface area (Å²) in [6.07, 6.45) is 0.903. The fourth-order valence-electron chi connectivity index (χ4n) is 3.08. The Balaban J connectivity index is 1.76. The van der Waals surface area contributed by atoms with Gasteiger partial charge < -0.3 is 21.1 Å². The molecule has 2 aromatic heterocycles. The SMILES string of the molecule is N[C@@H]1CN(C(=O)c2c(Nc3ccc(I)cc3F)sc3ncccc23)C[C@@H]1O. The van der Waals surface area contributed by atoms with Crippen molar-refractivity contribution in [3.63, 3.8) is 0 Å². The molecule has 140 valence electrons. The summed E-state index contributed by atoms with van der Waals surface area (Å²) < 4.78 is 15.1. The number of hydrogen-bond donors (Lipinski definition) is 3. The lowest BCUT2D eigenvalue weighted by atomic mass is 10.1. The van der Waals surface area contributed by atoms with Crippen LogP contribution >= 0.6 is 33.9 Å². The summed E-state index contributed by atoms with van der Waals surface area (Å²) in [6, 6.07) is 7.95. The molecule has 2 atom stereocenters. The monoisotopic (exact) mass is 498 g/mol. The fraction of sp³-hybridized carbons (Fsp3) is 0.222. The summed E-state index contributed by atoms with van der Waals surface area (Å²) in [5.41, 5.74) is 6.55. The molecule has 1 fully saturated rings. The number of amides is 1. The summed E-state index contributed by atoms with van der Waals surface area (Å²) in [4.78, 5) is 19.7. The van der Waals surface area contributed by atoms with E-state index in [0.717, 1.165) is 3.57 Å². The largest absolute Gasteiger partial charge is 0.390 e. The highest BCUT2D eigenvalue weighted by atomic mass is 127. The zero-order valence-corrected chi connectivity index (χ0v) is 17.0. The van der Waals surface area contributed by atoms with Crippen LogP contribution in [0.25, 0.3) is 10.2 Å². The van der Waals surface area contributed by atoms with Crippen molar-refractivity contribution in [2.75, 3.05) is 18.4 Å². The molecule has 1 amide bonds. The van der Waals surface area contributed by atoms with Gasteiger partial charge in [-0.15, -0.1) is 0 Å². The van der Waals surface area contributed by atoms with Gasteiger partial charge in [-0.2, -0.15) is 0 Å². The Morgan fingerprint density at radius 1 is 1.41 bits per heavy atom. The van der Waals surface area contributed by atoms with Crippen molar-refractivity contribution < 1.29 is 14.3 Å². The normalized spacial score (nSPS) is 19.6. The predicted octanol–water partition coefficient (Wildman–Crippen LogP) is 2.93. The van der Waals surface area contributed by atoms with Crippen molar-refractivity contribution >= 4 is 60.7 Å². The van der Waals surface area contributed by atoms with Crippen LogP contribution in [0.5, 0.6) is 0 Å². The Morgan fingerprint density at radius 3 is 2.93 bits per heavy atom. The molecular formula is C18H16FIN4O2S. The molecule has 0 unspecified atom stereocenters. The van der Waals surface area contributed by atoms with E-state index in [2.05, 4.69) is 10.3 Å². The minimum Gasteiger partial charge on any atom is -0.390 e. The first-order valence-electron chi connectivity index (χ1n) is 8.26. The van der Waals surface area contributed by atoms with E-state index in [4.69, 9.17) is 5.73 Å². The molecule has 6 nitrogen and oxygen atoms in total. The van der Waals surface area contributed by atoms with Crippen molar-refractivity contribution in [2.45, 2.75) is 12.1 Å². The molecule has 9 heteroatoms. The number of benzene rings is 1. The molecule has 0 aliphatic carbocycles. The van der Waals surface area contributed by atoms with E-state index in [1.54, 1.807) is 24.4 Å². The van der Waals surface area contributed by atoms with Crippen molar-refractivity contribution in [1.82, 2.24) is 9.88 Å². The van der Waals surface area contributed by atoms with Crippen LogP contribution in [0.15, 0.2) is 36.5 Å². The minimum absolute atomic E-state index is 0.176. The van der Waals surface area contributed by atoms with Crippen LogP contribution in [0, 0.1) is 9.39 Å². The zero-order valence-electron chi connectivity index (χ0n) is 14.0. The number of hydrogen-bond acceptors (Lipinski definition) is 6. The maximum absolute atomic E-state index is 14.3. The van der Waals surface area contributed by atoms with Gasteiger partial charge >= 0.3 is 0 Å². The zero-order chi connectivity index (χ0) is 19.1. The van der Waals surface area contributed by atoms with E-state index in [1.165, 1.54) is 22.3 Å². The number of aromatic nitrogens is 1. The lowest BCUT2D eigenvalue weighted by molar-refractivity contribution is 0.0768. The lowest BCUT2D eigenvalue weighted by Crippen LogP contribution is -2.33. The first-order valence-corrected chi connectivity index (χ1v) is 10.2. The number of carbonyl (C=O) groups excluding carboxylic acids is 1. The van der Waals surface area contributed by atoms with Crippen molar-refractivity contribution in [1.29, 1.82) is 0 Å². The molecule has 3 aromatic rings.